The molecule has 1 N–H and O–H groups in total. The van der Waals surface area contributed by atoms with Gasteiger partial charge in [-0.1, -0.05) is 19.1 Å². The van der Waals surface area contributed by atoms with Gasteiger partial charge in [0.2, 0.25) is 0 Å². The molecule has 0 bridgehead atoms. The second-order valence-electron chi connectivity index (χ2n) is 5.65. The lowest BCUT2D eigenvalue weighted by Gasteiger charge is -2.29. The number of carbonyl (C=O) groups is 1. The average Bonchev–Trinajstić information content (AvgIpc) is 2.82. The highest BCUT2D eigenvalue weighted by Gasteiger charge is 2.45. The standard InChI is InChI=1S/C15H21NO4S/c1-4-20-14(17)13-9-16-10-15(13,2)11-5-7-12(8-6-11)21(3,18)19/h5-8,13,16H,4,9-10H2,1-3H3. The van der Waals surface area contributed by atoms with Crippen LogP contribution in [0.3, 0.4) is 0 Å². The van der Waals surface area contributed by atoms with Gasteiger partial charge in [-0.2, -0.15) is 0 Å². The van der Waals surface area contributed by atoms with E-state index in [0.29, 0.717) is 19.7 Å². The van der Waals surface area contributed by atoms with E-state index in [1.54, 1.807) is 31.2 Å². The summed E-state index contributed by atoms with van der Waals surface area (Å²) in [6.45, 7) is 5.39. The predicted molar refractivity (Wildman–Crippen MR) is 79.9 cm³/mol. The first-order valence-corrected chi connectivity index (χ1v) is 8.86. The highest BCUT2D eigenvalue weighted by atomic mass is 32.2. The van der Waals surface area contributed by atoms with Crippen molar-refractivity contribution in [3.63, 3.8) is 0 Å². The van der Waals surface area contributed by atoms with Crippen molar-refractivity contribution in [2.24, 2.45) is 5.92 Å². The van der Waals surface area contributed by atoms with Crippen molar-refractivity contribution in [1.82, 2.24) is 5.32 Å². The van der Waals surface area contributed by atoms with Crippen LogP contribution in [0.5, 0.6) is 0 Å². The van der Waals surface area contributed by atoms with Gasteiger partial charge < -0.3 is 10.1 Å². The van der Waals surface area contributed by atoms with Crippen molar-refractivity contribution >= 4 is 15.8 Å². The number of esters is 1. The number of benzene rings is 1. The van der Waals surface area contributed by atoms with Crippen molar-refractivity contribution in [2.75, 3.05) is 26.0 Å². The molecule has 0 saturated carbocycles. The molecule has 0 radical (unpaired) electrons. The second kappa shape index (κ2) is 5.77. The van der Waals surface area contributed by atoms with Gasteiger partial charge >= 0.3 is 5.97 Å². The molecule has 1 fully saturated rings. The molecule has 1 aromatic carbocycles. The molecule has 0 aliphatic carbocycles. The molecular formula is C15H21NO4S. The lowest BCUT2D eigenvalue weighted by atomic mass is 9.74. The molecular weight excluding hydrogens is 290 g/mol. The summed E-state index contributed by atoms with van der Waals surface area (Å²) in [5.74, 6) is -0.473. The molecule has 0 aromatic heterocycles. The summed E-state index contributed by atoms with van der Waals surface area (Å²) in [4.78, 5) is 12.4. The molecule has 2 unspecified atom stereocenters. The number of nitrogens with one attached hydrogen (secondary N) is 1. The summed E-state index contributed by atoms with van der Waals surface area (Å²) in [6.07, 6.45) is 1.18. The molecule has 2 atom stereocenters. The van der Waals surface area contributed by atoms with E-state index in [0.717, 1.165) is 5.56 Å². The molecule has 1 heterocycles. The third-order valence-corrected chi connectivity index (χ3v) is 5.25. The molecule has 21 heavy (non-hydrogen) atoms. The van der Waals surface area contributed by atoms with Crippen LogP contribution in [0.4, 0.5) is 0 Å². The normalized spacial score (nSPS) is 25.8. The highest BCUT2D eigenvalue weighted by molar-refractivity contribution is 7.90. The smallest absolute Gasteiger partial charge is 0.311 e. The van der Waals surface area contributed by atoms with Crippen LogP contribution in [0.25, 0.3) is 0 Å². The lowest BCUT2D eigenvalue weighted by molar-refractivity contribution is -0.149. The monoisotopic (exact) mass is 311 g/mol. The van der Waals surface area contributed by atoms with Gasteiger partial charge in [0.25, 0.3) is 0 Å². The van der Waals surface area contributed by atoms with Gasteiger partial charge in [0, 0.05) is 24.8 Å². The fourth-order valence-corrected chi connectivity index (χ4v) is 3.43. The zero-order valence-electron chi connectivity index (χ0n) is 12.5. The number of ether oxygens (including phenoxy) is 1. The zero-order chi connectivity index (χ0) is 15.7. The van der Waals surface area contributed by atoms with Gasteiger partial charge in [0.05, 0.1) is 17.4 Å². The summed E-state index contributed by atoms with van der Waals surface area (Å²) < 4.78 is 28.2. The maximum Gasteiger partial charge on any atom is 0.311 e. The van der Waals surface area contributed by atoms with Crippen LogP contribution >= 0.6 is 0 Å². The Labute approximate surface area is 125 Å². The maximum absolute atomic E-state index is 12.1. The van der Waals surface area contributed by atoms with Gasteiger partial charge in [-0.25, -0.2) is 8.42 Å². The molecule has 2 rings (SSSR count). The van der Waals surface area contributed by atoms with Crippen molar-refractivity contribution in [3.8, 4) is 0 Å². The SMILES string of the molecule is CCOC(=O)C1CNCC1(C)c1ccc(S(C)(=O)=O)cc1. The number of hydrogen-bond acceptors (Lipinski definition) is 5. The van der Waals surface area contributed by atoms with E-state index in [2.05, 4.69) is 5.32 Å². The first kappa shape index (κ1) is 16.0. The minimum absolute atomic E-state index is 0.211. The van der Waals surface area contributed by atoms with Crippen LogP contribution in [0.1, 0.15) is 19.4 Å². The third kappa shape index (κ3) is 3.11. The molecule has 1 aliphatic heterocycles. The van der Waals surface area contributed by atoms with Crippen LogP contribution < -0.4 is 5.32 Å². The Bertz CT molecular complexity index is 624. The van der Waals surface area contributed by atoms with E-state index in [1.165, 1.54) is 6.26 Å². The Hall–Kier alpha value is -1.40. The van der Waals surface area contributed by atoms with Crippen molar-refractivity contribution in [1.29, 1.82) is 0 Å². The third-order valence-electron chi connectivity index (χ3n) is 4.12. The number of rotatable bonds is 4. The summed E-state index contributed by atoms with van der Waals surface area (Å²) in [5.41, 5.74) is 0.556. The van der Waals surface area contributed by atoms with E-state index in [1.807, 2.05) is 6.92 Å². The molecule has 1 aromatic rings. The van der Waals surface area contributed by atoms with Gasteiger partial charge in [-0.15, -0.1) is 0 Å². The topological polar surface area (TPSA) is 72.5 Å². The number of sulfone groups is 1. The summed E-state index contributed by atoms with van der Waals surface area (Å²) in [5, 5.41) is 3.23. The van der Waals surface area contributed by atoms with E-state index < -0.39 is 9.84 Å². The average molecular weight is 311 g/mol. The Balaban J connectivity index is 2.32. The summed E-state index contributed by atoms with van der Waals surface area (Å²) in [7, 11) is -3.21. The molecule has 6 heteroatoms. The van der Waals surface area contributed by atoms with Gasteiger partial charge in [-0.3, -0.25) is 4.79 Å². The summed E-state index contributed by atoms with van der Waals surface area (Å²) in [6, 6.07) is 6.76. The van der Waals surface area contributed by atoms with Gasteiger partial charge in [0.1, 0.15) is 0 Å². The fourth-order valence-electron chi connectivity index (χ4n) is 2.80. The zero-order valence-corrected chi connectivity index (χ0v) is 13.4. The second-order valence-corrected chi connectivity index (χ2v) is 7.67. The van der Waals surface area contributed by atoms with Gasteiger partial charge in [-0.05, 0) is 24.6 Å². The first-order valence-electron chi connectivity index (χ1n) is 6.97. The predicted octanol–water partition coefficient (Wildman–Crippen LogP) is 1.13. The van der Waals surface area contributed by atoms with E-state index in [4.69, 9.17) is 4.74 Å². The number of hydrogen-bond donors (Lipinski definition) is 1. The largest absolute Gasteiger partial charge is 0.466 e. The molecule has 1 saturated heterocycles. The van der Waals surface area contributed by atoms with Crippen LogP contribution in [0.2, 0.25) is 0 Å². The minimum Gasteiger partial charge on any atom is -0.466 e. The van der Waals surface area contributed by atoms with Crippen LogP contribution in [-0.2, 0) is 24.8 Å². The Morgan fingerprint density at radius 2 is 2.00 bits per heavy atom. The minimum atomic E-state index is -3.21. The molecule has 116 valence electrons. The maximum atomic E-state index is 12.1. The van der Waals surface area contributed by atoms with Crippen LogP contribution in [0, 0.1) is 5.92 Å². The van der Waals surface area contributed by atoms with Crippen molar-refractivity contribution < 1.29 is 17.9 Å². The first-order chi connectivity index (χ1) is 9.79. The molecule has 5 nitrogen and oxygen atoms in total. The lowest BCUT2D eigenvalue weighted by Crippen LogP contribution is -2.37. The van der Waals surface area contributed by atoms with Crippen molar-refractivity contribution in [3.05, 3.63) is 29.8 Å². The summed E-state index contributed by atoms with van der Waals surface area (Å²) >= 11 is 0. The van der Waals surface area contributed by atoms with Gasteiger partial charge in [0.15, 0.2) is 9.84 Å². The molecule has 0 spiro atoms. The quantitative estimate of drug-likeness (QED) is 0.844. The van der Waals surface area contributed by atoms with Crippen molar-refractivity contribution in [2.45, 2.75) is 24.2 Å². The molecule has 0 amide bonds. The van der Waals surface area contributed by atoms with E-state index >= 15 is 0 Å². The Kier molecular flexibility index (Phi) is 4.39. The number of carbonyl (C=O) groups excluding carboxylic acids is 1. The molecule has 1 aliphatic rings. The fraction of sp³-hybridized carbons (Fsp3) is 0.533. The van der Waals surface area contributed by atoms with Crippen LogP contribution in [0.15, 0.2) is 29.2 Å². The van der Waals surface area contributed by atoms with E-state index in [-0.39, 0.29) is 22.2 Å². The van der Waals surface area contributed by atoms with E-state index in [9.17, 15) is 13.2 Å². The Morgan fingerprint density at radius 3 is 2.52 bits per heavy atom. The Morgan fingerprint density at radius 1 is 1.38 bits per heavy atom. The highest BCUT2D eigenvalue weighted by Crippen LogP contribution is 2.36. The van der Waals surface area contributed by atoms with Crippen LogP contribution in [-0.4, -0.2) is 40.3 Å².